The number of benzene rings is 1. The number of rotatable bonds is 4. The van der Waals surface area contributed by atoms with Crippen LogP contribution in [0, 0.1) is 0 Å². The molecule has 1 fully saturated rings. The Balaban J connectivity index is 2.06. The van der Waals surface area contributed by atoms with Crippen molar-refractivity contribution in [2.24, 2.45) is 0 Å². The Morgan fingerprint density at radius 3 is 2.59 bits per heavy atom. The van der Waals surface area contributed by atoms with E-state index in [-0.39, 0.29) is 12.3 Å². The summed E-state index contributed by atoms with van der Waals surface area (Å²) in [4.78, 5) is 2.37. The summed E-state index contributed by atoms with van der Waals surface area (Å²) in [6.07, 6.45) is 4.13. The highest BCUT2D eigenvalue weighted by atomic mass is 16.5. The molecule has 2 nitrogen and oxygen atoms in total. The highest BCUT2D eigenvalue weighted by Crippen LogP contribution is 2.35. The second-order valence-corrected chi connectivity index (χ2v) is 4.97. The molecule has 0 saturated carbocycles. The van der Waals surface area contributed by atoms with E-state index in [1.54, 1.807) is 0 Å². The smallest absolute Gasteiger partial charge is 0.111 e. The third kappa shape index (κ3) is 2.70. The quantitative estimate of drug-likeness (QED) is 0.788. The van der Waals surface area contributed by atoms with Crippen LogP contribution in [-0.4, -0.2) is 24.2 Å². The third-order valence-corrected chi connectivity index (χ3v) is 3.77. The van der Waals surface area contributed by atoms with Gasteiger partial charge in [-0.1, -0.05) is 43.7 Å². The van der Waals surface area contributed by atoms with E-state index >= 15 is 0 Å². The summed E-state index contributed by atoms with van der Waals surface area (Å²) < 4.78 is 6.20. The van der Waals surface area contributed by atoms with Gasteiger partial charge in [0.2, 0.25) is 0 Å². The molecule has 0 spiro atoms. The van der Waals surface area contributed by atoms with Crippen LogP contribution in [0.15, 0.2) is 30.3 Å². The highest BCUT2D eigenvalue weighted by Gasteiger charge is 2.37. The Kier molecular flexibility index (Phi) is 4.19. The zero-order chi connectivity index (χ0) is 12.3. The van der Waals surface area contributed by atoms with E-state index in [9.17, 15) is 0 Å². The molecule has 0 unspecified atom stereocenters. The molecule has 0 aromatic heterocycles. The molecular weight excluding hydrogens is 210 g/mol. The van der Waals surface area contributed by atoms with Crippen LogP contribution in [-0.2, 0) is 4.74 Å². The van der Waals surface area contributed by atoms with Crippen LogP contribution in [0.25, 0.3) is 0 Å². The lowest BCUT2D eigenvalue weighted by molar-refractivity contribution is 0.000525. The minimum Gasteiger partial charge on any atom is -0.354 e. The van der Waals surface area contributed by atoms with Gasteiger partial charge in [0.1, 0.15) is 6.23 Å². The molecule has 3 atom stereocenters. The first kappa shape index (κ1) is 12.6. The monoisotopic (exact) mass is 233 g/mol. The number of hydrogen-bond donors (Lipinski definition) is 0. The van der Waals surface area contributed by atoms with Crippen molar-refractivity contribution in [3.05, 3.63) is 35.9 Å². The molecule has 2 heteroatoms. The molecule has 0 bridgehead atoms. The number of hydrogen-bond acceptors (Lipinski definition) is 2. The van der Waals surface area contributed by atoms with E-state index < -0.39 is 0 Å². The van der Waals surface area contributed by atoms with E-state index in [1.165, 1.54) is 18.4 Å². The molecule has 1 aromatic rings. The summed E-state index contributed by atoms with van der Waals surface area (Å²) in [6, 6.07) is 11.0. The summed E-state index contributed by atoms with van der Waals surface area (Å²) in [7, 11) is 2.17. The normalized spacial score (nSPS) is 29.7. The lowest BCUT2D eigenvalue weighted by Gasteiger charge is -2.20. The Labute approximate surface area is 105 Å². The van der Waals surface area contributed by atoms with Crippen LogP contribution < -0.4 is 0 Å². The Hall–Kier alpha value is -0.860. The van der Waals surface area contributed by atoms with Crippen molar-refractivity contribution in [1.82, 2.24) is 4.90 Å². The van der Waals surface area contributed by atoms with Crippen LogP contribution in [0.2, 0.25) is 0 Å². The Morgan fingerprint density at radius 2 is 1.94 bits per heavy atom. The molecule has 17 heavy (non-hydrogen) atoms. The molecule has 0 N–H and O–H groups in total. The van der Waals surface area contributed by atoms with Crippen molar-refractivity contribution >= 4 is 0 Å². The predicted octanol–water partition coefficient (Wildman–Crippen LogP) is 3.59. The molecule has 1 saturated heterocycles. The maximum absolute atomic E-state index is 6.20. The van der Waals surface area contributed by atoms with Crippen LogP contribution >= 0.6 is 0 Å². The van der Waals surface area contributed by atoms with Crippen molar-refractivity contribution in [3.63, 3.8) is 0 Å². The first-order valence-electron chi connectivity index (χ1n) is 6.66. The van der Waals surface area contributed by atoms with Gasteiger partial charge in [-0.15, -0.1) is 0 Å². The Bertz CT molecular complexity index is 338. The largest absolute Gasteiger partial charge is 0.354 e. The first-order valence-corrected chi connectivity index (χ1v) is 6.66. The van der Waals surface area contributed by atoms with Crippen molar-refractivity contribution < 1.29 is 4.74 Å². The van der Waals surface area contributed by atoms with Gasteiger partial charge in [-0.05, 0) is 32.4 Å². The summed E-state index contributed by atoms with van der Waals surface area (Å²) >= 11 is 0. The van der Waals surface area contributed by atoms with Gasteiger partial charge in [-0.25, -0.2) is 0 Å². The minimum absolute atomic E-state index is 0.225. The minimum atomic E-state index is 0.225. The molecule has 0 radical (unpaired) electrons. The number of ether oxygens (including phenoxy) is 1. The molecule has 94 valence electrons. The van der Waals surface area contributed by atoms with E-state index in [0.717, 1.165) is 6.42 Å². The van der Waals surface area contributed by atoms with E-state index in [4.69, 9.17) is 4.74 Å². The zero-order valence-electron chi connectivity index (χ0n) is 11.1. The summed E-state index contributed by atoms with van der Waals surface area (Å²) in [5.74, 6) is 0. The van der Waals surface area contributed by atoms with Crippen LogP contribution in [0.4, 0.5) is 0 Å². The molecule has 1 aliphatic heterocycles. The average Bonchev–Trinajstić information content (AvgIpc) is 2.65. The second-order valence-electron chi connectivity index (χ2n) is 4.97. The molecule has 1 aliphatic rings. The van der Waals surface area contributed by atoms with Gasteiger partial charge in [-0.2, -0.15) is 0 Å². The predicted molar refractivity (Wildman–Crippen MR) is 70.8 cm³/mol. The molecule has 0 amide bonds. The fourth-order valence-electron chi connectivity index (χ4n) is 2.50. The van der Waals surface area contributed by atoms with Gasteiger partial charge in [0.15, 0.2) is 0 Å². The van der Waals surface area contributed by atoms with Crippen molar-refractivity contribution in [3.8, 4) is 0 Å². The van der Waals surface area contributed by atoms with Crippen LogP contribution in [0.3, 0.4) is 0 Å². The van der Waals surface area contributed by atoms with Crippen molar-refractivity contribution in [2.45, 2.75) is 51.5 Å². The number of nitrogens with zero attached hydrogens (tertiary/aromatic N) is 1. The van der Waals surface area contributed by atoms with E-state index in [2.05, 4.69) is 56.1 Å². The fourth-order valence-corrected chi connectivity index (χ4v) is 2.50. The summed E-state index contributed by atoms with van der Waals surface area (Å²) in [6.45, 7) is 4.48. The topological polar surface area (TPSA) is 12.5 Å². The van der Waals surface area contributed by atoms with E-state index in [1.807, 2.05) is 0 Å². The van der Waals surface area contributed by atoms with Gasteiger partial charge in [0, 0.05) is 6.04 Å². The average molecular weight is 233 g/mol. The molecule has 1 aromatic carbocycles. The zero-order valence-corrected chi connectivity index (χ0v) is 11.1. The lowest BCUT2D eigenvalue weighted by Crippen LogP contribution is -2.31. The third-order valence-electron chi connectivity index (χ3n) is 3.77. The van der Waals surface area contributed by atoms with Gasteiger partial charge in [0.25, 0.3) is 0 Å². The molecular formula is C15H23NO. The number of likely N-dealkylation sites (N-methyl/N-ethyl adjacent to an activating group) is 1. The summed E-state index contributed by atoms with van der Waals surface area (Å²) in [5, 5.41) is 0. The van der Waals surface area contributed by atoms with Crippen LogP contribution in [0.5, 0.6) is 0 Å². The van der Waals surface area contributed by atoms with E-state index in [0.29, 0.717) is 6.04 Å². The van der Waals surface area contributed by atoms with Crippen molar-refractivity contribution in [1.29, 1.82) is 0 Å². The maximum atomic E-state index is 6.20. The maximum Gasteiger partial charge on any atom is 0.111 e. The van der Waals surface area contributed by atoms with Crippen molar-refractivity contribution in [2.75, 3.05) is 7.05 Å². The van der Waals surface area contributed by atoms with Gasteiger partial charge >= 0.3 is 0 Å². The standard InChI is InChI=1S/C15H23NO/c1-4-5-11-14-16(3)12(2)15(17-14)13-9-7-6-8-10-13/h6-10,12,14-15H,4-5,11H2,1-3H3/t12-,14-,15-/m0/s1. The summed E-state index contributed by atoms with van der Waals surface area (Å²) in [5.41, 5.74) is 1.30. The first-order chi connectivity index (χ1) is 8.24. The SMILES string of the molecule is CCCC[C@@H]1O[C@H](c2ccccc2)[C@H](C)N1C. The highest BCUT2D eigenvalue weighted by molar-refractivity contribution is 5.20. The Morgan fingerprint density at radius 1 is 1.24 bits per heavy atom. The fraction of sp³-hybridized carbons (Fsp3) is 0.600. The second kappa shape index (κ2) is 5.65. The van der Waals surface area contributed by atoms with Gasteiger partial charge < -0.3 is 4.74 Å². The molecule has 1 heterocycles. The number of unbranched alkanes of at least 4 members (excludes halogenated alkanes) is 1. The van der Waals surface area contributed by atoms with Gasteiger partial charge in [-0.3, -0.25) is 4.90 Å². The lowest BCUT2D eigenvalue weighted by atomic mass is 10.0. The van der Waals surface area contributed by atoms with Crippen LogP contribution in [0.1, 0.15) is 44.8 Å². The molecule has 2 rings (SSSR count). The molecule has 0 aliphatic carbocycles. The van der Waals surface area contributed by atoms with Gasteiger partial charge in [0.05, 0.1) is 6.10 Å².